The molecule has 13 heavy (non-hydrogen) atoms. The van der Waals surface area contributed by atoms with E-state index in [4.69, 9.17) is 0 Å². The molecule has 0 aromatic rings. The Hall–Kier alpha value is -0.0800. The van der Waals surface area contributed by atoms with Gasteiger partial charge in [0.1, 0.15) is 0 Å². The zero-order valence-corrected chi connectivity index (χ0v) is 8.92. The van der Waals surface area contributed by atoms with Gasteiger partial charge < -0.3 is 5.32 Å². The number of piperidine rings is 1. The number of nitrogens with zero attached hydrogens (tertiary/aromatic N) is 1. The first-order valence-corrected chi connectivity index (χ1v) is 5.76. The highest BCUT2D eigenvalue weighted by Crippen LogP contribution is 2.25. The summed E-state index contributed by atoms with van der Waals surface area (Å²) in [4.78, 5) is 2.70. The lowest BCUT2D eigenvalue weighted by Gasteiger charge is -2.46. The molecule has 0 spiro atoms. The lowest BCUT2D eigenvalue weighted by molar-refractivity contribution is 0.0661. The van der Waals surface area contributed by atoms with E-state index < -0.39 is 0 Å². The normalized spacial score (nSPS) is 36.2. The smallest absolute Gasteiger partial charge is 0.0252 e. The average Bonchev–Trinajstić information content (AvgIpc) is 2.17. The van der Waals surface area contributed by atoms with Gasteiger partial charge in [0.15, 0.2) is 0 Å². The summed E-state index contributed by atoms with van der Waals surface area (Å²) in [7, 11) is 0. The number of hydrogen-bond donors (Lipinski definition) is 1. The van der Waals surface area contributed by atoms with Crippen molar-refractivity contribution in [2.24, 2.45) is 5.92 Å². The Morgan fingerprint density at radius 2 is 2.08 bits per heavy atom. The zero-order chi connectivity index (χ0) is 9.26. The summed E-state index contributed by atoms with van der Waals surface area (Å²) in [6, 6.07) is 1.58. The maximum atomic E-state index is 3.68. The van der Waals surface area contributed by atoms with Gasteiger partial charge in [-0.05, 0) is 25.3 Å². The van der Waals surface area contributed by atoms with Crippen LogP contribution in [0, 0.1) is 5.92 Å². The highest BCUT2D eigenvalue weighted by Gasteiger charge is 2.33. The molecule has 2 aliphatic rings. The first-order chi connectivity index (χ1) is 6.29. The van der Waals surface area contributed by atoms with Crippen LogP contribution in [-0.2, 0) is 0 Å². The standard InChI is InChI=1S/C11H22N2/c1-9(2)11-10-5-3-4-7-13(10)8-6-12-11/h9-12H,3-8H2,1-2H3. The fraction of sp³-hybridized carbons (Fsp3) is 1.00. The van der Waals surface area contributed by atoms with Crippen molar-refractivity contribution in [3.63, 3.8) is 0 Å². The van der Waals surface area contributed by atoms with Crippen molar-refractivity contribution in [3.05, 3.63) is 0 Å². The van der Waals surface area contributed by atoms with Gasteiger partial charge in [-0.25, -0.2) is 0 Å². The SMILES string of the molecule is CC(C)C1NCCN2CCCCC12. The number of rotatable bonds is 1. The molecular weight excluding hydrogens is 160 g/mol. The van der Waals surface area contributed by atoms with E-state index in [-0.39, 0.29) is 0 Å². The molecule has 0 aromatic heterocycles. The van der Waals surface area contributed by atoms with Crippen LogP contribution in [0.4, 0.5) is 0 Å². The van der Waals surface area contributed by atoms with Crippen molar-refractivity contribution in [2.45, 2.75) is 45.2 Å². The molecule has 0 aromatic carbocycles. The summed E-state index contributed by atoms with van der Waals surface area (Å²) in [5, 5.41) is 3.68. The lowest BCUT2D eigenvalue weighted by Crippen LogP contribution is -2.61. The fourth-order valence-corrected chi connectivity index (χ4v) is 2.89. The van der Waals surface area contributed by atoms with E-state index in [0.29, 0.717) is 0 Å². The van der Waals surface area contributed by atoms with Crippen molar-refractivity contribution in [2.75, 3.05) is 19.6 Å². The maximum absolute atomic E-state index is 3.68. The molecule has 0 amide bonds. The predicted molar refractivity (Wildman–Crippen MR) is 55.8 cm³/mol. The van der Waals surface area contributed by atoms with Crippen LogP contribution in [0.2, 0.25) is 0 Å². The minimum atomic E-state index is 0.744. The van der Waals surface area contributed by atoms with Gasteiger partial charge in [-0.3, -0.25) is 4.90 Å². The van der Waals surface area contributed by atoms with Crippen molar-refractivity contribution < 1.29 is 0 Å². The Morgan fingerprint density at radius 3 is 2.85 bits per heavy atom. The molecule has 0 bridgehead atoms. The molecule has 2 aliphatic heterocycles. The Kier molecular flexibility index (Phi) is 2.89. The summed E-state index contributed by atoms with van der Waals surface area (Å²) in [5.41, 5.74) is 0. The summed E-state index contributed by atoms with van der Waals surface area (Å²) in [6.07, 6.45) is 4.27. The van der Waals surface area contributed by atoms with Crippen LogP contribution in [0.5, 0.6) is 0 Å². The molecule has 2 nitrogen and oxygen atoms in total. The Balaban J connectivity index is 2.02. The van der Waals surface area contributed by atoms with Crippen LogP contribution in [0.3, 0.4) is 0 Å². The molecular formula is C11H22N2. The third kappa shape index (κ3) is 1.89. The second-order valence-electron chi connectivity index (χ2n) is 4.82. The second-order valence-corrected chi connectivity index (χ2v) is 4.82. The summed E-state index contributed by atoms with van der Waals surface area (Å²) in [6.45, 7) is 8.49. The van der Waals surface area contributed by atoms with E-state index in [9.17, 15) is 0 Å². The summed E-state index contributed by atoms with van der Waals surface area (Å²) < 4.78 is 0. The van der Waals surface area contributed by atoms with E-state index in [1.165, 1.54) is 38.9 Å². The van der Waals surface area contributed by atoms with Crippen LogP contribution in [0.15, 0.2) is 0 Å². The Labute approximate surface area is 81.7 Å². The molecule has 2 atom stereocenters. The number of fused-ring (bicyclic) bond motifs is 1. The van der Waals surface area contributed by atoms with Gasteiger partial charge >= 0.3 is 0 Å². The van der Waals surface area contributed by atoms with Gasteiger partial charge in [0.2, 0.25) is 0 Å². The third-order valence-electron chi connectivity index (χ3n) is 3.58. The minimum absolute atomic E-state index is 0.744. The topological polar surface area (TPSA) is 15.3 Å². The van der Waals surface area contributed by atoms with E-state index in [2.05, 4.69) is 24.1 Å². The van der Waals surface area contributed by atoms with Crippen molar-refractivity contribution >= 4 is 0 Å². The second kappa shape index (κ2) is 3.97. The van der Waals surface area contributed by atoms with Gasteiger partial charge in [-0.1, -0.05) is 20.3 Å². The largest absolute Gasteiger partial charge is 0.311 e. The van der Waals surface area contributed by atoms with Crippen molar-refractivity contribution in [1.29, 1.82) is 0 Å². The van der Waals surface area contributed by atoms with Crippen LogP contribution >= 0.6 is 0 Å². The fourth-order valence-electron chi connectivity index (χ4n) is 2.89. The van der Waals surface area contributed by atoms with Crippen LogP contribution in [0.1, 0.15) is 33.1 Å². The van der Waals surface area contributed by atoms with E-state index >= 15 is 0 Å². The molecule has 2 heterocycles. The highest BCUT2D eigenvalue weighted by molar-refractivity contribution is 4.92. The zero-order valence-electron chi connectivity index (χ0n) is 8.92. The van der Waals surface area contributed by atoms with Gasteiger partial charge in [0.25, 0.3) is 0 Å². The van der Waals surface area contributed by atoms with Crippen molar-refractivity contribution in [1.82, 2.24) is 10.2 Å². The molecule has 2 unspecified atom stereocenters. The minimum Gasteiger partial charge on any atom is -0.311 e. The molecule has 0 saturated carbocycles. The van der Waals surface area contributed by atoms with E-state index in [1.54, 1.807) is 0 Å². The van der Waals surface area contributed by atoms with Crippen LogP contribution in [0.25, 0.3) is 0 Å². The predicted octanol–water partition coefficient (Wildman–Crippen LogP) is 1.47. The molecule has 1 N–H and O–H groups in total. The number of nitrogens with one attached hydrogen (secondary N) is 1. The Bertz CT molecular complexity index is 165. The molecule has 0 aliphatic carbocycles. The molecule has 2 saturated heterocycles. The number of piperazine rings is 1. The monoisotopic (exact) mass is 182 g/mol. The number of hydrogen-bond acceptors (Lipinski definition) is 2. The van der Waals surface area contributed by atoms with Gasteiger partial charge in [0, 0.05) is 25.2 Å². The maximum Gasteiger partial charge on any atom is 0.0252 e. The van der Waals surface area contributed by atoms with E-state index in [1.807, 2.05) is 0 Å². The van der Waals surface area contributed by atoms with Gasteiger partial charge in [-0.2, -0.15) is 0 Å². The van der Waals surface area contributed by atoms with Crippen LogP contribution < -0.4 is 5.32 Å². The molecule has 2 rings (SSSR count). The molecule has 2 fully saturated rings. The average molecular weight is 182 g/mol. The quantitative estimate of drug-likeness (QED) is 0.660. The van der Waals surface area contributed by atoms with Gasteiger partial charge in [0.05, 0.1) is 0 Å². The van der Waals surface area contributed by atoms with Gasteiger partial charge in [-0.15, -0.1) is 0 Å². The first kappa shape index (κ1) is 9.47. The van der Waals surface area contributed by atoms with Crippen molar-refractivity contribution in [3.8, 4) is 0 Å². The molecule has 2 heteroatoms. The summed E-state index contributed by atoms with van der Waals surface area (Å²) in [5.74, 6) is 0.783. The Morgan fingerprint density at radius 1 is 1.23 bits per heavy atom. The third-order valence-corrected chi connectivity index (χ3v) is 3.58. The molecule has 76 valence electrons. The first-order valence-electron chi connectivity index (χ1n) is 5.76. The van der Waals surface area contributed by atoms with Crippen LogP contribution in [-0.4, -0.2) is 36.6 Å². The summed E-state index contributed by atoms with van der Waals surface area (Å²) >= 11 is 0. The highest BCUT2D eigenvalue weighted by atomic mass is 15.2. The van der Waals surface area contributed by atoms with E-state index in [0.717, 1.165) is 18.0 Å². The lowest BCUT2D eigenvalue weighted by atomic mass is 9.87. The molecule has 0 radical (unpaired) electrons.